The zero-order valence-corrected chi connectivity index (χ0v) is 23.6. The quantitative estimate of drug-likeness (QED) is 0.423. The second-order valence-corrected chi connectivity index (χ2v) is 21.6. The number of hydrogen-bond donors (Lipinski definition) is 0. The molecule has 0 aromatic rings. The maximum absolute atomic E-state index is 6.92. The SMILES string of the molecule is CCC(O[Si](C)(C)C(C)(CC)O[SiH](C)C(C)(CC)O[SiH](C)C)[SiH](C)C. The highest BCUT2D eigenvalue weighted by molar-refractivity contribution is 6.76. The lowest BCUT2D eigenvalue weighted by Crippen LogP contribution is -2.63. The van der Waals surface area contributed by atoms with Gasteiger partial charge in [-0.2, -0.15) is 0 Å². The molecule has 4 unspecified atom stereocenters. The largest absolute Gasteiger partial charge is 0.416 e. The fraction of sp³-hybridized carbons (Fsp3) is 1.00. The molecule has 0 aromatic carbocycles. The summed E-state index contributed by atoms with van der Waals surface area (Å²) in [6, 6.07) is 0. The van der Waals surface area contributed by atoms with E-state index in [0.29, 0.717) is 5.73 Å². The van der Waals surface area contributed by atoms with Crippen LogP contribution in [0.5, 0.6) is 0 Å². The summed E-state index contributed by atoms with van der Waals surface area (Å²) in [6.07, 6.45) is 3.17. The van der Waals surface area contributed by atoms with Gasteiger partial charge in [0.15, 0.2) is 9.04 Å². The predicted octanol–water partition coefficient (Wildman–Crippen LogP) is 4.80. The van der Waals surface area contributed by atoms with Crippen LogP contribution in [0.15, 0.2) is 0 Å². The van der Waals surface area contributed by atoms with Crippen molar-refractivity contribution in [2.75, 3.05) is 0 Å². The summed E-state index contributed by atoms with van der Waals surface area (Å²) in [7, 11) is -5.43. The van der Waals surface area contributed by atoms with Crippen molar-refractivity contribution >= 4 is 35.2 Å². The van der Waals surface area contributed by atoms with Gasteiger partial charge in [0.2, 0.25) is 17.4 Å². The lowest BCUT2D eigenvalue weighted by atomic mass is 10.3. The summed E-state index contributed by atoms with van der Waals surface area (Å²) in [5.41, 5.74) is 0.463. The van der Waals surface area contributed by atoms with E-state index in [1.165, 1.54) is 0 Å². The molecule has 0 radical (unpaired) electrons. The minimum Gasteiger partial charge on any atom is -0.416 e. The Bertz CT molecular complexity index is 393. The molecular weight excluding hydrogens is 377 g/mol. The topological polar surface area (TPSA) is 27.7 Å². The lowest BCUT2D eigenvalue weighted by Gasteiger charge is -2.48. The standard InChI is InChI=1S/C18H46O3Si4/c1-13-16(22(6)7)19-25(11,12)18(5,15-3)21-24(10)17(4,14-2)20-23(8)9/h16,22-24H,13-15H2,1-12H3. The van der Waals surface area contributed by atoms with Crippen LogP contribution in [0.25, 0.3) is 0 Å². The van der Waals surface area contributed by atoms with Crippen LogP contribution in [0, 0.1) is 0 Å². The molecule has 3 nitrogen and oxygen atoms in total. The lowest BCUT2D eigenvalue weighted by molar-refractivity contribution is 0.0752. The molecular formula is C18H46O3Si4. The van der Waals surface area contributed by atoms with Gasteiger partial charge in [0, 0.05) is 5.73 Å². The molecule has 0 heterocycles. The van der Waals surface area contributed by atoms with E-state index >= 15 is 0 Å². The Morgan fingerprint density at radius 3 is 1.72 bits per heavy atom. The van der Waals surface area contributed by atoms with E-state index in [1.54, 1.807) is 0 Å². The predicted molar refractivity (Wildman–Crippen MR) is 123 cm³/mol. The van der Waals surface area contributed by atoms with Gasteiger partial charge in [-0.15, -0.1) is 0 Å². The molecule has 7 heteroatoms. The molecule has 0 N–H and O–H groups in total. The molecule has 152 valence electrons. The maximum Gasteiger partial charge on any atom is 0.216 e. The summed E-state index contributed by atoms with van der Waals surface area (Å²) in [6.45, 7) is 27.7. The molecule has 0 saturated carbocycles. The van der Waals surface area contributed by atoms with E-state index in [2.05, 4.69) is 80.4 Å². The fourth-order valence-electron chi connectivity index (χ4n) is 3.36. The molecule has 0 fully saturated rings. The monoisotopic (exact) mass is 422 g/mol. The van der Waals surface area contributed by atoms with Gasteiger partial charge in [-0.25, -0.2) is 0 Å². The van der Waals surface area contributed by atoms with Crippen LogP contribution in [0.2, 0.25) is 45.8 Å². The smallest absolute Gasteiger partial charge is 0.216 e. The van der Waals surface area contributed by atoms with Crippen molar-refractivity contribution in [3.63, 3.8) is 0 Å². The summed E-state index contributed by atoms with van der Waals surface area (Å²) >= 11 is 0. The first-order valence-electron chi connectivity index (χ1n) is 10.3. The molecule has 0 aliphatic heterocycles. The molecule has 0 rings (SSSR count). The minimum absolute atomic E-state index is 0.0712. The summed E-state index contributed by atoms with van der Waals surface area (Å²) in [5, 5.41) is -0.216. The number of rotatable bonds is 12. The highest BCUT2D eigenvalue weighted by Gasteiger charge is 2.49. The van der Waals surface area contributed by atoms with Crippen molar-refractivity contribution in [1.29, 1.82) is 0 Å². The van der Waals surface area contributed by atoms with Crippen molar-refractivity contribution in [2.45, 2.75) is 116 Å². The first kappa shape index (κ1) is 25.7. The third-order valence-corrected chi connectivity index (χ3v) is 17.0. The molecule has 0 bridgehead atoms. The second-order valence-electron chi connectivity index (χ2n) is 9.00. The van der Waals surface area contributed by atoms with E-state index in [9.17, 15) is 0 Å². The normalized spacial score (nSPS) is 20.4. The Hall–Kier alpha value is 0.748. The van der Waals surface area contributed by atoms with Gasteiger partial charge in [-0.05, 0) is 65.8 Å². The average molecular weight is 423 g/mol. The molecule has 0 aliphatic rings. The van der Waals surface area contributed by atoms with E-state index < -0.39 is 35.2 Å². The highest BCUT2D eigenvalue weighted by Crippen LogP contribution is 2.34. The minimum atomic E-state index is -2.00. The molecule has 0 spiro atoms. The van der Waals surface area contributed by atoms with E-state index in [4.69, 9.17) is 13.3 Å². The summed E-state index contributed by atoms with van der Waals surface area (Å²) < 4.78 is 20.2. The summed E-state index contributed by atoms with van der Waals surface area (Å²) in [5.74, 6) is 0. The zero-order valence-electron chi connectivity index (χ0n) is 19.2. The van der Waals surface area contributed by atoms with Crippen molar-refractivity contribution in [1.82, 2.24) is 0 Å². The van der Waals surface area contributed by atoms with Crippen molar-refractivity contribution in [3.8, 4) is 0 Å². The van der Waals surface area contributed by atoms with Crippen molar-refractivity contribution in [2.24, 2.45) is 0 Å². The van der Waals surface area contributed by atoms with Crippen LogP contribution < -0.4 is 0 Å². The summed E-state index contributed by atoms with van der Waals surface area (Å²) in [4.78, 5) is 0. The van der Waals surface area contributed by atoms with Gasteiger partial charge in [0.1, 0.15) is 0 Å². The van der Waals surface area contributed by atoms with Crippen LogP contribution in [0.4, 0.5) is 0 Å². The second kappa shape index (κ2) is 10.3. The highest BCUT2D eigenvalue weighted by atomic mass is 28.4. The van der Waals surface area contributed by atoms with Crippen LogP contribution in [-0.4, -0.2) is 51.4 Å². The van der Waals surface area contributed by atoms with Crippen LogP contribution in [0.3, 0.4) is 0 Å². The third kappa shape index (κ3) is 7.01. The molecule has 0 aromatic heterocycles. The van der Waals surface area contributed by atoms with Gasteiger partial charge < -0.3 is 13.3 Å². The molecule has 4 atom stereocenters. The van der Waals surface area contributed by atoms with E-state index in [0.717, 1.165) is 19.3 Å². The van der Waals surface area contributed by atoms with Crippen LogP contribution in [-0.2, 0) is 13.3 Å². The first-order chi connectivity index (χ1) is 11.3. The van der Waals surface area contributed by atoms with E-state index in [-0.39, 0.29) is 10.4 Å². The Morgan fingerprint density at radius 2 is 1.40 bits per heavy atom. The molecule has 0 saturated heterocycles. The van der Waals surface area contributed by atoms with Crippen molar-refractivity contribution < 1.29 is 13.3 Å². The van der Waals surface area contributed by atoms with Crippen molar-refractivity contribution in [3.05, 3.63) is 0 Å². The first-order valence-corrected chi connectivity index (χ1v) is 21.2. The molecule has 25 heavy (non-hydrogen) atoms. The Labute approximate surface area is 164 Å². The maximum atomic E-state index is 6.92. The van der Waals surface area contributed by atoms with Crippen LogP contribution in [0.1, 0.15) is 53.9 Å². The molecule has 0 aliphatic carbocycles. The Balaban J connectivity index is 5.43. The van der Waals surface area contributed by atoms with Gasteiger partial charge >= 0.3 is 0 Å². The van der Waals surface area contributed by atoms with Gasteiger partial charge in [-0.3, -0.25) is 0 Å². The average Bonchev–Trinajstić information content (AvgIpc) is 2.50. The van der Waals surface area contributed by atoms with E-state index in [1.807, 2.05) is 0 Å². The molecule has 0 amide bonds. The van der Waals surface area contributed by atoms with Crippen LogP contribution >= 0.6 is 0 Å². The fourth-order valence-corrected chi connectivity index (χ4v) is 14.7. The van der Waals surface area contributed by atoms with Gasteiger partial charge in [-0.1, -0.05) is 33.9 Å². The Kier molecular flexibility index (Phi) is 10.6. The van der Waals surface area contributed by atoms with Gasteiger partial charge in [0.05, 0.1) is 19.2 Å². The zero-order chi connectivity index (χ0) is 20.1. The third-order valence-electron chi connectivity index (χ3n) is 6.04. The van der Waals surface area contributed by atoms with Gasteiger partial charge in [0.25, 0.3) is 0 Å². The number of hydrogen-bond acceptors (Lipinski definition) is 3. The Morgan fingerprint density at radius 1 is 0.880 bits per heavy atom.